The normalized spacial score (nSPS) is 25.4. The van der Waals surface area contributed by atoms with Gasteiger partial charge in [0.1, 0.15) is 0 Å². The summed E-state index contributed by atoms with van der Waals surface area (Å²) in [5, 5.41) is 0.188. The number of halogens is 1. The number of rotatable bonds is 4. The van der Waals surface area contributed by atoms with Crippen molar-refractivity contribution < 1.29 is 13.7 Å². The molecule has 0 aromatic carbocycles. The molecule has 0 spiro atoms. The van der Waals surface area contributed by atoms with Crippen LogP contribution in [0.25, 0.3) is 0 Å². The quantitative estimate of drug-likeness (QED) is 0.885. The van der Waals surface area contributed by atoms with Gasteiger partial charge in [-0.1, -0.05) is 11.6 Å². The fraction of sp³-hybridized carbons (Fsp3) is 0.545. The van der Waals surface area contributed by atoms with E-state index in [2.05, 4.69) is 9.97 Å². The van der Waals surface area contributed by atoms with E-state index in [-0.39, 0.29) is 35.3 Å². The third-order valence-electron chi connectivity index (χ3n) is 3.11. The van der Waals surface area contributed by atoms with Crippen molar-refractivity contribution >= 4 is 27.2 Å². The first-order valence-electron chi connectivity index (χ1n) is 5.97. The van der Waals surface area contributed by atoms with Gasteiger partial charge in [-0.15, -0.1) is 0 Å². The third-order valence-corrected chi connectivity index (χ3v) is 5.11. The molecule has 1 amide bonds. The van der Waals surface area contributed by atoms with Gasteiger partial charge in [-0.05, 0) is 6.42 Å². The Labute approximate surface area is 122 Å². The van der Waals surface area contributed by atoms with Crippen LogP contribution in [0.3, 0.4) is 0 Å². The summed E-state index contributed by atoms with van der Waals surface area (Å²) >= 11 is 5.66. The lowest BCUT2D eigenvalue weighted by atomic mass is 10.2. The van der Waals surface area contributed by atoms with E-state index in [1.807, 2.05) is 0 Å². The predicted octanol–water partition coefficient (Wildman–Crippen LogP) is 0.786. The zero-order valence-corrected chi connectivity index (χ0v) is 12.5. The second-order valence-corrected chi connectivity index (χ2v) is 7.35. The molecular formula is C11H15ClN4O3S. The fourth-order valence-corrected chi connectivity index (χ4v) is 3.92. The minimum absolute atomic E-state index is 0.165. The van der Waals surface area contributed by atoms with Gasteiger partial charge in [0.15, 0.2) is 11.8 Å². The highest BCUT2D eigenvalue weighted by Gasteiger charge is 2.30. The van der Waals surface area contributed by atoms with Crippen molar-refractivity contribution in [3.8, 4) is 5.88 Å². The number of amides is 1. The van der Waals surface area contributed by atoms with Crippen molar-refractivity contribution in [3.63, 3.8) is 0 Å². The van der Waals surface area contributed by atoms with E-state index in [0.717, 1.165) is 0 Å². The van der Waals surface area contributed by atoms with Crippen LogP contribution in [0.4, 0.5) is 0 Å². The van der Waals surface area contributed by atoms with E-state index in [1.54, 1.807) is 7.05 Å². The molecule has 1 N–H and O–H groups in total. The number of hydrogen-bond donors (Lipinski definition) is 1. The number of nitrogens with one attached hydrogen (secondary N) is 1. The number of hydrogen-bond acceptors (Lipinski definition) is 6. The molecule has 0 saturated carbocycles. The van der Waals surface area contributed by atoms with Crippen molar-refractivity contribution in [1.82, 2.24) is 14.9 Å². The standard InChI is InChI=1S/C11H15ClN4O3S/c1-16(8-2-3-20(13,18)7-8)11(17)6-19-10-5-14-4-9(12)15-10/h4-5,8,13H,2-3,6-7H2,1H3. The Morgan fingerprint density at radius 3 is 3.00 bits per heavy atom. The molecule has 110 valence electrons. The first kappa shape index (κ1) is 15.0. The van der Waals surface area contributed by atoms with Gasteiger partial charge in [-0.25, -0.2) is 4.21 Å². The molecule has 1 fully saturated rings. The van der Waals surface area contributed by atoms with Gasteiger partial charge < -0.3 is 9.64 Å². The molecular weight excluding hydrogens is 304 g/mol. The first-order chi connectivity index (χ1) is 9.37. The summed E-state index contributed by atoms with van der Waals surface area (Å²) in [6.07, 6.45) is 3.32. The summed E-state index contributed by atoms with van der Waals surface area (Å²) in [5.74, 6) is 0.492. The van der Waals surface area contributed by atoms with Crippen LogP contribution < -0.4 is 4.74 Å². The zero-order valence-electron chi connectivity index (χ0n) is 10.9. The molecule has 20 heavy (non-hydrogen) atoms. The van der Waals surface area contributed by atoms with Crippen molar-refractivity contribution in [2.24, 2.45) is 0 Å². The molecule has 2 atom stereocenters. The highest BCUT2D eigenvalue weighted by molar-refractivity contribution is 7.92. The zero-order chi connectivity index (χ0) is 14.8. The van der Waals surface area contributed by atoms with Gasteiger partial charge in [0.25, 0.3) is 5.91 Å². The molecule has 9 heteroatoms. The molecule has 1 aromatic heterocycles. The summed E-state index contributed by atoms with van der Waals surface area (Å²) in [6.45, 7) is -0.193. The number of likely N-dealkylation sites (N-methyl/N-ethyl adjacent to an activating group) is 1. The SMILES string of the molecule is CN(C(=O)COc1cncc(Cl)n1)C1CCS(=N)(=O)C1. The molecule has 0 aliphatic carbocycles. The van der Waals surface area contributed by atoms with Crippen LogP contribution in [-0.4, -0.2) is 56.2 Å². The Balaban J connectivity index is 1.89. The second-order valence-electron chi connectivity index (χ2n) is 4.60. The Morgan fingerprint density at radius 2 is 2.40 bits per heavy atom. The Hall–Kier alpha value is -1.41. The van der Waals surface area contributed by atoms with E-state index in [1.165, 1.54) is 17.3 Å². The lowest BCUT2D eigenvalue weighted by Crippen LogP contribution is -2.40. The van der Waals surface area contributed by atoms with Crippen LogP contribution in [0.1, 0.15) is 6.42 Å². The van der Waals surface area contributed by atoms with E-state index in [9.17, 15) is 9.00 Å². The summed E-state index contributed by atoms with van der Waals surface area (Å²) in [7, 11) is -0.895. The largest absolute Gasteiger partial charge is 0.466 e. The second kappa shape index (κ2) is 5.92. The van der Waals surface area contributed by atoms with Gasteiger partial charge in [0.05, 0.1) is 18.1 Å². The minimum atomic E-state index is -2.52. The Morgan fingerprint density at radius 1 is 1.65 bits per heavy atom. The van der Waals surface area contributed by atoms with Crippen LogP contribution in [0.2, 0.25) is 5.15 Å². The first-order valence-corrected chi connectivity index (χ1v) is 8.25. The topological polar surface area (TPSA) is 96.2 Å². The van der Waals surface area contributed by atoms with Gasteiger partial charge in [0, 0.05) is 28.6 Å². The van der Waals surface area contributed by atoms with Crippen LogP contribution in [0.15, 0.2) is 12.4 Å². The molecule has 1 aromatic rings. The van der Waals surface area contributed by atoms with Crippen LogP contribution in [0, 0.1) is 4.78 Å². The molecule has 2 unspecified atom stereocenters. The average Bonchev–Trinajstić information content (AvgIpc) is 2.75. The molecule has 1 aliphatic rings. The molecule has 1 saturated heterocycles. The van der Waals surface area contributed by atoms with Crippen molar-refractivity contribution in [1.29, 1.82) is 4.78 Å². The minimum Gasteiger partial charge on any atom is -0.466 e. The molecule has 0 bridgehead atoms. The smallest absolute Gasteiger partial charge is 0.260 e. The summed E-state index contributed by atoms with van der Waals surface area (Å²) in [5.41, 5.74) is 0. The summed E-state index contributed by atoms with van der Waals surface area (Å²) in [4.78, 5) is 21.1. The number of ether oxygens (including phenoxy) is 1. The maximum absolute atomic E-state index is 12.0. The van der Waals surface area contributed by atoms with Gasteiger partial charge in [0.2, 0.25) is 5.88 Å². The fourth-order valence-electron chi connectivity index (χ4n) is 1.95. The van der Waals surface area contributed by atoms with Crippen LogP contribution in [-0.2, 0) is 14.5 Å². The maximum Gasteiger partial charge on any atom is 0.260 e. The predicted molar refractivity (Wildman–Crippen MR) is 74.3 cm³/mol. The number of carbonyl (C=O) groups is 1. The van der Waals surface area contributed by atoms with E-state index in [0.29, 0.717) is 12.2 Å². The van der Waals surface area contributed by atoms with Crippen molar-refractivity contribution in [2.75, 3.05) is 25.2 Å². The Bertz CT molecular complexity index is 607. The summed E-state index contributed by atoms with van der Waals surface area (Å²) in [6, 6.07) is -0.165. The lowest BCUT2D eigenvalue weighted by Gasteiger charge is -2.23. The molecule has 1 aliphatic heterocycles. The van der Waals surface area contributed by atoms with Gasteiger partial charge in [-0.3, -0.25) is 14.6 Å². The molecule has 2 rings (SSSR count). The molecule has 7 nitrogen and oxygen atoms in total. The monoisotopic (exact) mass is 318 g/mol. The Kier molecular flexibility index (Phi) is 4.44. The van der Waals surface area contributed by atoms with Crippen molar-refractivity contribution in [2.45, 2.75) is 12.5 Å². The molecule has 0 radical (unpaired) electrons. The highest BCUT2D eigenvalue weighted by Crippen LogP contribution is 2.17. The van der Waals surface area contributed by atoms with Crippen LogP contribution in [0.5, 0.6) is 5.88 Å². The van der Waals surface area contributed by atoms with Crippen LogP contribution >= 0.6 is 11.6 Å². The van der Waals surface area contributed by atoms with Gasteiger partial charge >= 0.3 is 0 Å². The number of carbonyl (C=O) groups excluding carboxylic acids is 1. The van der Waals surface area contributed by atoms with E-state index < -0.39 is 9.73 Å². The third kappa shape index (κ3) is 3.80. The van der Waals surface area contributed by atoms with E-state index >= 15 is 0 Å². The maximum atomic E-state index is 12.0. The molecule has 2 heterocycles. The summed E-state index contributed by atoms with van der Waals surface area (Å²) < 4.78 is 24.4. The van der Waals surface area contributed by atoms with E-state index in [4.69, 9.17) is 21.1 Å². The lowest BCUT2D eigenvalue weighted by molar-refractivity contribution is -0.133. The van der Waals surface area contributed by atoms with Gasteiger partial charge in [-0.2, -0.15) is 4.98 Å². The number of nitrogens with zero attached hydrogens (tertiary/aromatic N) is 3. The highest BCUT2D eigenvalue weighted by atomic mass is 35.5. The number of aromatic nitrogens is 2. The van der Waals surface area contributed by atoms with Crippen molar-refractivity contribution in [3.05, 3.63) is 17.5 Å². The average molecular weight is 319 g/mol.